The molecule has 0 bridgehead atoms. The first-order chi connectivity index (χ1) is 11.5. The highest BCUT2D eigenvalue weighted by Crippen LogP contribution is 2.15. The van der Waals surface area contributed by atoms with Crippen molar-refractivity contribution in [3.8, 4) is 0 Å². The topological polar surface area (TPSA) is 90.5 Å². The Labute approximate surface area is 141 Å². The van der Waals surface area contributed by atoms with Crippen molar-refractivity contribution < 1.29 is 14.4 Å². The number of aryl methyl sites for hydroxylation is 1. The Morgan fingerprint density at radius 3 is 2.88 bits per heavy atom. The fourth-order valence-corrected chi connectivity index (χ4v) is 2.66. The van der Waals surface area contributed by atoms with Gasteiger partial charge in [-0.3, -0.25) is 14.9 Å². The van der Waals surface area contributed by atoms with Gasteiger partial charge in [-0.25, -0.2) is 4.79 Å². The molecule has 0 aliphatic carbocycles. The molecule has 0 saturated carbocycles. The van der Waals surface area contributed by atoms with Crippen LogP contribution in [0.5, 0.6) is 0 Å². The maximum absolute atomic E-state index is 12.2. The number of urea groups is 1. The van der Waals surface area contributed by atoms with Gasteiger partial charge in [0.25, 0.3) is 0 Å². The minimum atomic E-state index is -0.675. The molecule has 1 aliphatic rings. The molecule has 1 fully saturated rings. The number of carbonyl (C=O) groups excluding carboxylic acids is 3. The molecule has 1 aromatic carbocycles. The predicted molar refractivity (Wildman–Crippen MR) is 91.8 cm³/mol. The molecule has 1 heterocycles. The van der Waals surface area contributed by atoms with Gasteiger partial charge in [-0.2, -0.15) is 0 Å². The zero-order valence-corrected chi connectivity index (χ0v) is 14.1. The fourth-order valence-electron chi connectivity index (χ4n) is 2.66. The van der Waals surface area contributed by atoms with E-state index in [9.17, 15) is 14.4 Å². The SMILES string of the molecule is CCN(CCNC(=O)C1CCC(=O)NC(=O)N1)c1cccc(C)c1. The van der Waals surface area contributed by atoms with Crippen LogP contribution >= 0.6 is 0 Å². The zero-order chi connectivity index (χ0) is 17.5. The minimum Gasteiger partial charge on any atom is -0.370 e. The Bertz CT molecular complexity index is 618. The van der Waals surface area contributed by atoms with Crippen LogP contribution in [-0.4, -0.2) is 43.5 Å². The van der Waals surface area contributed by atoms with Gasteiger partial charge in [-0.1, -0.05) is 12.1 Å². The molecule has 0 radical (unpaired) electrons. The molecular weight excluding hydrogens is 308 g/mol. The summed E-state index contributed by atoms with van der Waals surface area (Å²) < 4.78 is 0. The van der Waals surface area contributed by atoms with E-state index in [1.54, 1.807) is 0 Å². The second kappa shape index (κ2) is 8.33. The van der Waals surface area contributed by atoms with Crippen molar-refractivity contribution in [3.05, 3.63) is 29.8 Å². The van der Waals surface area contributed by atoms with Crippen LogP contribution < -0.4 is 20.9 Å². The number of benzene rings is 1. The molecule has 7 nitrogen and oxygen atoms in total. The molecule has 7 heteroatoms. The maximum atomic E-state index is 12.2. The molecule has 1 saturated heterocycles. The summed E-state index contributed by atoms with van der Waals surface area (Å²) in [5, 5.41) is 7.49. The van der Waals surface area contributed by atoms with E-state index in [4.69, 9.17) is 0 Å². The average Bonchev–Trinajstić information content (AvgIpc) is 2.71. The summed E-state index contributed by atoms with van der Waals surface area (Å²) in [5.74, 6) is -0.625. The van der Waals surface area contributed by atoms with Gasteiger partial charge < -0.3 is 15.5 Å². The van der Waals surface area contributed by atoms with Crippen LogP contribution in [0.2, 0.25) is 0 Å². The van der Waals surface area contributed by atoms with Crippen LogP contribution in [0, 0.1) is 6.92 Å². The van der Waals surface area contributed by atoms with Crippen molar-refractivity contribution in [1.29, 1.82) is 0 Å². The highest BCUT2D eigenvalue weighted by molar-refractivity contribution is 5.98. The summed E-state index contributed by atoms with van der Waals surface area (Å²) in [6.07, 6.45) is 0.458. The van der Waals surface area contributed by atoms with Crippen LogP contribution in [0.4, 0.5) is 10.5 Å². The molecule has 24 heavy (non-hydrogen) atoms. The molecule has 2 rings (SSSR count). The first kappa shape index (κ1) is 17.8. The zero-order valence-electron chi connectivity index (χ0n) is 14.1. The van der Waals surface area contributed by atoms with E-state index in [1.165, 1.54) is 5.56 Å². The summed E-state index contributed by atoms with van der Waals surface area (Å²) in [4.78, 5) is 37.1. The standard InChI is InChI=1S/C17H24N4O3/c1-3-21(13-6-4-5-12(2)11-13)10-9-18-16(23)14-7-8-15(22)20-17(24)19-14/h4-6,11,14H,3,7-10H2,1-2H3,(H,18,23)(H2,19,20,22,24). The van der Waals surface area contributed by atoms with Crippen LogP contribution in [0.3, 0.4) is 0 Å². The monoisotopic (exact) mass is 332 g/mol. The van der Waals surface area contributed by atoms with Gasteiger partial charge in [-0.15, -0.1) is 0 Å². The Kier molecular flexibility index (Phi) is 6.17. The maximum Gasteiger partial charge on any atom is 0.322 e. The third-order valence-electron chi connectivity index (χ3n) is 3.96. The van der Waals surface area contributed by atoms with Crippen molar-refractivity contribution >= 4 is 23.5 Å². The molecule has 3 N–H and O–H groups in total. The second-order valence-corrected chi connectivity index (χ2v) is 5.82. The number of carbonyl (C=O) groups is 3. The number of imide groups is 1. The molecule has 1 aliphatic heterocycles. The highest BCUT2D eigenvalue weighted by Gasteiger charge is 2.25. The van der Waals surface area contributed by atoms with E-state index in [0.29, 0.717) is 19.5 Å². The van der Waals surface area contributed by atoms with Crippen molar-refractivity contribution in [2.45, 2.75) is 32.7 Å². The summed E-state index contributed by atoms with van der Waals surface area (Å²) in [7, 11) is 0. The summed E-state index contributed by atoms with van der Waals surface area (Å²) >= 11 is 0. The molecule has 4 amide bonds. The first-order valence-corrected chi connectivity index (χ1v) is 8.19. The van der Waals surface area contributed by atoms with E-state index in [0.717, 1.165) is 12.2 Å². The van der Waals surface area contributed by atoms with Gasteiger partial charge in [-0.05, 0) is 38.0 Å². The van der Waals surface area contributed by atoms with Gasteiger partial charge in [0, 0.05) is 31.7 Å². The lowest BCUT2D eigenvalue weighted by molar-refractivity contribution is -0.123. The molecular formula is C17H24N4O3. The lowest BCUT2D eigenvalue weighted by atomic mass is 10.1. The van der Waals surface area contributed by atoms with Crippen LogP contribution in [-0.2, 0) is 9.59 Å². The van der Waals surface area contributed by atoms with E-state index in [1.807, 2.05) is 25.1 Å². The fraction of sp³-hybridized carbons (Fsp3) is 0.471. The average molecular weight is 332 g/mol. The number of hydrogen-bond acceptors (Lipinski definition) is 4. The number of rotatable bonds is 6. The lowest BCUT2D eigenvalue weighted by Gasteiger charge is -2.24. The first-order valence-electron chi connectivity index (χ1n) is 8.19. The van der Waals surface area contributed by atoms with E-state index in [2.05, 4.69) is 33.8 Å². The third-order valence-corrected chi connectivity index (χ3v) is 3.96. The van der Waals surface area contributed by atoms with Crippen molar-refractivity contribution in [2.75, 3.05) is 24.5 Å². The van der Waals surface area contributed by atoms with Gasteiger partial charge in [0.05, 0.1) is 0 Å². The quantitative estimate of drug-likeness (QED) is 0.723. The van der Waals surface area contributed by atoms with Crippen LogP contribution in [0.1, 0.15) is 25.3 Å². The molecule has 0 spiro atoms. The van der Waals surface area contributed by atoms with E-state index in [-0.39, 0.29) is 18.2 Å². The third kappa shape index (κ3) is 4.97. The van der Waals surface area contributed by atoms with Gasteiger partial charge in [0.1, 0.15) is 6.04 Å². The molecule has 130 valence electrons. The van der Waals surface area contributed by atoms with E-state index < -0.39 is 12.1 Å². The largest absolute Gasteiger partial charge is 0.370 e. The molecule has 1 aromatic rings. The minimum absolute atomic E-state index is 0.154. The summed E-state index contributed by atoms with van der Waals surface area (Å²) in [5.41, 5.74) is 2.30. The highest BCUT2D eigenvalue weighted by atomic mass is 16.2. The lowest BCUT2D eigenvalue weighted by Crippen LogP contribution is -2.49. The second-order valence-electron chi connectivity index (χ2n) is 5.82. The summed E-state index contributed by atoms with van der Waals surface area (Å²) in [6, 6.07) is 6.91. The number of hydrogen-bond donors (Lipinski definition) is 3. The predicted octanol–water partition coefficient (Wildman–Crippen LogP) is 0.926. The van der Waals surface area contributed by atoms with Crippen LogP contribution in [0.15, 0.2) is 24.3 Å². The van der Waals surface area contributed by atoms with Crippen molar-refractivity contribution in [2.24, 2.45) is 0 Å². The Balaban J connectivity index is 1.84. The summed E-state index contributed by atoms with van der Waals surface area (Å²) in [6.45, 7) is 6.08. The van der Waals surface area contributed by atoms with Crippen molar-refractivity contribution in [3.63, 3.8) is 0 Å². The number of amides is 4. The molecule has 1 unspecified atom stereocenters. The van der Waals surface area contributed by atoms with E-state index >= 15 is 0 Å². The van der Waals surface area contributed by atoms with Gasteiger partial charge in [0.2, 0.25) is 11.8 Å². The van der Waals surface area contributed by atoms with Gasteiger partial charge in [0.15, 0.2) is 0 Å². The Morgan fingerprint density at radius 1 is 1.38 bits per heavy atom. The normalized spacial score (nSPS) is 17.5. The Hall–Kier alpha value is -2.57. The van der Waals surface area contributed by atoms with Gasteiger partial charge >= 0.3 is 6.03 Å². The number of likely N-dealkylation sites (N-methyl/N-ethyl adjacent to an activating group) is 1. The van der Waals surface area contributed by atoms with Crippen molar-refractivity contribution in [1.82, 2.24) is 16.0 Å². The number of nitrogens with zero attached hydrogens (tertiary/aromatic N) is 1. The van der Waals surface area contributed by atoms with Crippen LogP contribution in [0.25, 0.3) is 0 Å². The number of nitrogens with one attached hydrogen (secondary N) is 3. The molecule has 1 atom stereocenters. The molecule has 0 aromatic heterocycles. The Morgan fingerprint density at radius 2 is 2.17 bits per heavy atom. The number of anilines is 1. The smallest absolute Gasteiger partial charge is 0.322 e.